The first kappa shape index (κ1) is 8.76. The van der Waals surface area contributed by atoms with Crippen LogP contribution < -0.4 is 5.32 Å². The summed E-state index contributed by atoms with van der Waals surface area (Å²) in [7, 11) is 0. The van der Waals surface area contributed by atoms with E-state index < -0.39 is 0 Å². The second-order valence-electron chi connectivity index (χ2n) is 3.95. The van der Waals surface area contributed by atoms with Crippen LogP contribution in [0.1, 0.15) is 35.6 Å². The Labute approximate surface area is 80.2 Å². The topological polar surface area (TPSA) is 12.0 Å². The van der Waals surface area contributed by atoms with Crippen molar-refractivity contribution in [2.45, 2.75) is 32.7 Å². The fourth-order valence-corrected chi connectivity index (χ4v) is 2.31. The fraction of sp³-hybridized carbons (Fsp3) is 0.500. The third-order valence-electron chi connectivity index (χ3n) is 2.95. The molecule has 0 aliphatic carbocycles. The van der Waals surface area contributed by atoms with E-state index in [4.69, 9.17) is 0 Å². The first-order valence-electron chi connectivity index (χ1n) is 5.08. The van der Waals surface area contributed by atoms with Crippen molar-refractivity contribution in [3.05, 3.63) is 34.9 Å². The van der Waals surface area contributed by atoms with Gasteiger partial charge in [-0.3, -0.25) is 0 Å². The molecule has 1 aliphatic heterocycles. The molecule has 1 aliphatic rings. The molecule has 1 unspecified atom stereocenters. The van der Waals surface area contributed by atoms with E-state index in [0.29, 0.717) is 6.04 Å². The highest BCUT2D eigenvalue weighted by molar-refractivity contribution is 5.36. The first-order chi connectivity index (χ1) is 6.29. The van der Waals surface area contributed by atoms with Gasteiger partial charge in [-0.1, -0.05) is 18.2 Å². The predicted octanol–water partition coefficient (Wildman–Crippen LogP) is 2.73. The van der Waals surface area contributed by atoms with E-state index in [0.717, 1.165) is 0 Å². The SMILES string of the molecule is Cc1cccc(C)c1C1CCCN1. The Morgan fingerprint density at radius 2 is 1.92 bits per heavy atom. The van der Waals surface area contributed by atoms with Crippen LogP contribution in [0.25, 0.3) is 0 Å². The van der Waals surface area contributed by atoms with E-state index in [2.05, 4.69) is 37.4 Å². The van der Waals surface area contributed by atoms with Gasteiger partial charge in [-0.25, -0.2) is 0 Å². The summed E-state index contributed by atoms with van der Waals surface area (Å²) in [4.78, 5) is 0. The second-order valence-corrected chi connectivity index (χ2v) is 3.95. The number of rotatable bonds is 1. The number of benzene rings is 1. The number of hydrogen-bond acceptors (Lipinski definition) is 1. The normalized spacial score (nSPS) is 22.2. The molecule has 1 saturated heterocycles. The van der Waals surface area contributed by atoms with Gasteiger partial charge in [-0.2, -0.15) is 0 Å². The summed E-state index contributed by atoms with van der Waals surface area (Å²) >= 11 is 0. The highest BCUT2D eigenvalue weighted by Gasteiger charge is 2.18. The molecule has 0 radical (unpaired) electrons. The van der Waals surface area contributed by atoms with E-state index in [9.17, 15) is 0 Å². The van der Waals surface area contributed by atoms with Gasteiger partial charge < -0.3 is 5.32 Å². The van der Waals surface area contributed by atoms with Crippen molar-refractivity contribution in [2.24, 2.45) is 0 Å². The van der Waals surface area contributed by atoms with Crippen molar-refractivity contribution in [3.8, 4) is 0 Å². The van der Waals surface area contributed by atoms with Crippen molar-refractivity contribution < 1.29 is 0 Å². The lowest BCUT2D eigenvalue weighted by Gasteiger charge is -2.16. The van der Waals surface area contributed by atoms with E-state index in [1.807, 2.05) is 0 Å². The molecule has 1 heterocycles. The van der Waals surface area contributed by atoms with Gasteiger partial charge in [-0.05, 0) is 49.9 Å². The average Bonchev–Trinajstić information content (AvgIpc) is 2.57. The van der Waals surface area contributed by atoms with Crippen molar-refractivity contribution in [1.82, 2.24) is 5.32 Å². The zero-order valence-electron chi connectivity index (χ0n) is 8.43. The van der Waals surface area contributed by atoms with Crippen LogP contribution in [-0.2, 0) is 0 Å². The lowest BCUT2D eigenvalue weighted by Crippen LogP contribution is -2.15. The summed E-state index contributed by atoms with van der Waals surface area (Å²) in [6.45, 7) is 5.60. The van der Waals surface area contributed by atoms with Crippen molar-refractivity contribution >= 4 is 0 Å². The van der Waals surface area contributed by atoms with Crippen molar-refractivity contribution in [1.29, 1.82) is 0 Å². The minimum absolute atomic E-state index is 0.612. The summed E-state index contributed by atoms with van der Waals surface area (Å²) < 4.78 is 0. The summed E-state index contributed by atoms with van der Waals surface area (Å²) in [5.41, 5.74) is 4.39. The molecule has 1 heteroatoms. The van der Waals surface area contributed by atoms with Gasteiger partial charge in [0.15, 0.2) is 0 Å². The molecule has 13 heavy (non-hydrogen) atoms. The average molecular weight is 175 g/mol. The maximum absolute atomic E-state index is 3.55. The van der Waals surface area contributed by atoms with Crippen LogP contribution in [0.2, 0.25) is 0 Å². The summed E-state index contributed by atoms with van der Waals surface area (Å²) in [5.74, 6) is 0. The predicted molar refractivity (Wildman–Crippen MR) is 55.9 cm³/mol. The van der Waals surface area contributed by atoms with Gasteiger partial charge in [0, 0.05) is 6.04 Å². The molecule has 0 bridgehead atoms. The molecule has 0 saturated carbocycles. The lowest BCUT2D eigenvalue weighted by atomic mass is 9.95. The highest BCUT2D eigenvalue weighted by atomic mass is 14.9. The summed E-state index contributed by atoms with van der Waals surface area (Å²) in [6.07, 6.45) is 2.62. The maximum atomic E-state index is 3.55. The molecular formula is C12H17N. The molecular weight excluding hydrogens is 158 g/mol. The monoisotopic (exact) mass is 175 g/mol. The van der Waals surface area contributed by atoms with Crippen molar-refractivity contribution in [3.63, 3.8) is 0 Å². The third-order valence-corrected chi connectivity index (χ3v) is 2.95. The smallest absolute Gasteiger partial charge is 0.0325 e. The molecule has 0 amide bonds. The van der Waals surface area contributed by atoms with Crippen LogP contribution in [0.5, 0.6) is 0 Å². The van der Waals surface area contributed by atoms with Crippen molar-refractivity contribution in [2.75, 3.05) is 6.54 Å². The van der Waals surface area contributed by atoms with E-state index in [1.165, 1.54) is 36.1 Å². The van der Waals surface area contributed by atoms with Crippen LogP contribution in [0, 0.1) is 13.8 Å². The number of hydrogen-bond donors (Lipinski definition) is 1. The standard InChI is InChI=1S/C12H17N/c1-9-5-3-6-10(2)12(9)11-7-4-8-13-11/h3,5-6,11,13H,4,7-8H2,1-2H3. The van der Waals surface area contributed by atoms with Gasteiger partial charge >= 0.3 is 0 Å². The van der Waals surface area contributed by atoms with E-state index in [1.54, 1.807) is 0 Å². The zero-order valence-corrected chi connectivity index (χ0v) is 8.43. The van der Waals surface area contributed by atoms with Crippen LogP contribution in [0.15, 0.2) is 18.2 Å². The summed E-state index contributed by atoms with van der Waals surface area (Å²) in [6, 6.07) is 7.18. The molecule has 1 N–H and O–H groups in total. The molecule has 1 fully saturated rings. The minimum atomic E-state index is 0.612. The molecule has 1 aromatic carbocycles. The van der Waals surface area contributed by atoms with Crippen LogP contribution in [-0.4, -0.2) is 6.54 Å². The Morgan fingerprint density at radius 1 is 1.23 bits per heavy atom. The molecule has 1 aromatic rings. The lowest BCUT2D eigenvalue weighted by molar-refractivity contribution is 0.640. The Balaban J connectivity index is 2.37. The second kappa shape index (κ2) is 3.51. The molecule has 0 aromatic heterocycles. The Hall–Kier alpha value is -0.820. The zero-order chi connectivity index (χ0) is 9.26. The molecule has 0 spiro atoms. The van der Waals surface area contributed by atoms with E-state index in [-0.39, 0.29) is 0 Å². The largest absolute Gasteiger partial charge is 0.310 e. The van der Waals surface area contributed by atoms with Gasteiger partial charge in [0.05, 0.1) is 0 Å². The first-order valence-corrected chi connectivity index (χ1v) is 5.08. The van der Waals surface area contributed by atoms with Gasteiger partial charge in [0.1, 0.15) is 0 Å². The third kappa shape index (κ3) is 1.61. The molecule has 70 valence electrons. The number of nitrogens with one attached hydrogen (secondary N) is 1. The Morgan fingerprint density at radius 3 is 2.46 bits per heavy atom. The van der Waals surface area contributed by atoms with Crippen LogP contribution in [0.3, 0.4) is 0 Å². The Bertz CT molecular complexity index is 278. The Kier molecular flexibility index (Phi) is 2.36. The highest BCUT2D eigenvalue weighted by Crippen LogP contribution is 2.28. The molecule has 1 atom stereocenters. The quantitative estimate of drug-likeness (QED) is 0.692. The van der Waals surface area contributed by atoms with Gasteiger partial charge in [0.25, 0.3) is 0 Å². The maximum Gasteiger partial charge on any atom is 0.0325 e. The van der Waals surface area contributed by atoms with E-state index >= 15 is 0 Å². The van der Waals surface area contributed by atoms with Crippen LogP contribution in [0.4, 0.5) is 0 Å². The fourth-order valence-electron chi connectivity index (χ4n) is 2.31. The molecule has 1 nitrogen and oxygen atoms in total. The number of aryl methyl sites for hydroxylation is 2. The van der Waals surface area contributed by atoms with Gasteiger partial charge in [0.2, 0.25) is 0 Å². The summed E-state index contributed by atoms with van der Waals surface area (Å²) in [5, 5.41) is 3.55. The molecule has 2 rings (SSSR count). The van der Waals surface area contributed by atoms with Gasteiger partial charge in [-0.15, -0.1) is 0 Å². The van der Waals surface area contributed by atoms with Crippen LogP contribution >= 0.6 is 0 Å². The minimum Gasteiger partial charge on any atom is -0.310 e.